The molecule has 0 aliphatic rings. The molecule has 1 unspecified atom stereocenters. The summed E-state index contributed by atoms with van der Waals surface area (Å²) >= 11 is 12.7. The molecule has 0 saturated carbocycles. The second kappa shape index (κ2) is 11.3. The molecule has 4 nitrogen and oxygen atoms in total. The van der Waals surface area contributed by atoms with E-state index in [4.69, 9.17) is 23.8 Å². The number of aryl methyl sites for hydroxylation is 1. The Labute approximate surface area is 201 Å². The Balaban J connectivity index is 1.61. The number of thiocarbonyl (C=S) groups is 1. The maximum absolute atomic E-state index is 13.3. The van der Waals surface area contributed by atoms with Crippen LogP contribution >= 0.6 is 35.6 Å². The fourth-order valence-corrected chi connectivity index (χ4v) is 4.29. The number of nitrogens with one attached hydrogen (secondary N) is 3. The second-order valence-corrected chi connectivity index (χ2v) is 9.20. The van der Waals surface area contributed by atoms with Crippen LogP contribution in [0, 0.1) is 12.7 Å². The molecule has 0 bridgehead atoms. The Kier molecular flexibility index (Phi) is 8.50. The zero-order valence-electron chi connectivity index (χ0n) is 17.6. The van der Waals surface area contributed by atoms with Crippen molar-refractivity contribution in [2.24, 2.45) is 0 Å². The molecule has 3 aromatic carbocycles. The molecule has 3 rings (SSSR count). The van der Waals surface area contributed by atoms with Gasteiger partial charge in [-0.2, -0.15) is 0 Å². The maximum atomic E-state index is 13.3. The number of carbonyl (C=O) groups excluding carboxylic acids is 1. The van der Waals surface area contributed by atoms with Crippen LogP contribution < -0.4 is 16.0 Å². The molecule has 166 valence electrons. The van der Waals surface area contributed by atoms with Crippen molar-refractivity contribution < 1.29 is 9.18 Å². The van der Waals surface area contributed by atoms with Crippen molar-refractivity contribution in [2.75, 3.05) is 16.0 Å². The number of thioether (sulfide) groups is 1. The Morgan fingerprint density at radius 1 is 1.00 bits per heavy atom. The number of rotatable bonds is 7. The summed E-state index contributed by atoms with van der Waals surface area (Å²) in [6.07, 6.45) is 0.622. The summed E-state index contributed by atoms with van der Waals surface area (Å²) < 4.78 is 13.3. The summed E-state index contributed by atoms with van der Waals surface area (Å²) in [5.41, 5.74) is 3.36. The predicted molar refractivity (Wildman–Crippen MR) is 137 cm³/mol. The van der Waals surface area contributed by atoms with Gasteiger partial charge in [0.05, 0.1) is 10.3 Å². The number of benzene rings is 3. The highest BCUT2D eigenvalue weighted by molar-refractivity contribution is 8.00. The fourth-order valence-electron chi connectivity index (χ4n) is 2.86. The molecular weight excluding hydrogens is 465 g/mol. The summed E-state index contributed by atoms with van der Waals surface area (Å²) in [6.45, 7) is 3.97. The molecule has 0 radical (unpaired) electrons. The molecule has 0 spiro atoms. The van der Waals surface area contributed by atoms with Crippen LogP contribution in [0.5, 0.6) is 0 Å². The van der Waals surface area contributed by atoms with Gasteiger partial charge >= 0.3 is 0 Å². The summed E-state index contributed by atoms with van der Waals surface area (Å²) in [5, 5.41) is 9.25. The third-order valence-electron chi connectivity index (χ3n) is 4.53. The smallest absolute Gasteiger partial charge is 0.237 e. The predicted octanol–water partition coefficient (Wildman–Crippen LogP) is 7.11. The fraction of sp³-hybridized carbons (Fsp3) is 0.167. The van der Waals surface area contributed by atoms with Gasteiger partial charge in [-0.15, -0.1) is 11.8 Å². The minimum absolute atomic E-state index is 0.0301. The van der Waals surface area contributed by atoms with E-state index < -0.39 is 5.82 Å². The van der Waals surface area contributed by atoms with Crippen molar-refractivity contribution in [1.29, 1.82) is 0 Å². The van der Waals surface area contributed by atoms with Gasteiger partial charge < -0.3 is 16.0 Å². The van der Waals surface area contributed by atoms with Crippen LogP contribution in [0.1, 0.15) is 18.9 Å². The van der Waals surface area contributed by atoms with Gasteiger partial charge in [0.15, 0.2) is 5.11 Å². The molecule has 8 heteroatoms. The third-order valence-corrected chi connectivity index (χ3v) is 6.38. The zero-order valence-corrected chi connectivity index (χ0v) is 20.0. The molecule has 0 fully saturated rings. The SMILES string of the molecule is CCC(Sc1cccc(NC(=S)Nc2ccc(C)cc2)c1)C(=O)Nc1ccc(F)c(Cl)c1. The Morgan fingerprint density at radius 2 is 1.66 bits per heavy atom. The average Bonchev–Trinajstić information content (AvgIpc) is 2.76. The van der Waals surface area contributed by atoms with Crippen molar-refractivity contribution in [3.05, 3.63) is 83.1 Å². The third kappa shape index (κ3) is 6.95. The molecule has 0 aromatic heterocycles. The molecule has 0 aliphatic carbocycles. The van der Waals surface area contributed by atoms with Gasteiger partial charge in [-0.05, 0) is 74.1 Å². The van der Waals surface area contributed by atoms with Gasteiger partial charge in [-0.1, -0.05) is 42.3 Å². The highest BCUT2D eigenvalue weighted by Crippen LogP contribution is 2.29. The quantitative estimate of drug-likeness (QED) is 0.245. The number of halogens is 2. The molecule has 32 heavy (non-hydrogen) atoms. The van der Waals surface area contributed by atoms with Gasteiger partial charge in [-0.3, -0.25) is 4.79 Å². The summed E-state index contributed by atoms with van der Waals surface area (Å²) in [5.74, 6) is -0.694. The molecular formula is C24H23ClFN3OS2. The van der Waals surface area contributed by atoms with Crippen LogP contribution in [0.2, 0.25) is 5.02 Å². The van der Waals surface area contributed by atoms with E-state index in [9.17, 15) is 9.18 Å². The van der Waals surface area contributed by atoms with Crippen molar-refractivity contribution in [1.82, 2.24) is 0 Å². The van der Waals surface area contributed by atoms with Crippen molar-refractivity contribution in [3.8, 4) is 0 Å². The number of anilines is 3. The average molecular weight is 488 g/mol. The summed E-state index contributed by atoms with van der Waals surface area (Å²) in [4.78, 5) is 13.6. The lowest BCUT2D eigenvalue weighted by atomic mass is 10.2. The van der Waals surface area contributed by atoms with Crippen LogP contribution in [0.25, 0.3) is 0 Å². The Bertz CT molecular complexity index is 1110. The first-order chi connectivity index (χ1) is 15.3. The lowest BCUT2D eigenvalue weighted by molar-refractivity contribution is -0.115. The van der Waals surface area contributed by atoms with Crippen LogP contribution in [0.3, 0.4) is 0 Å². The monoisotopic (exact) mass is 487 g/mol. The van der Waals surface area contributed by atoms with Gasteiger partial charge in [0.2, 0.25) is 5.91 Å². The minimum atomic E-state index is -0.523. The number of amides is 1. The molecule has 1 amide bonds. The molecule has 0 aliphatic heterocycles. The van der Waals surface area contributed by atoms with Gasteiger partial charge in [-0.25, -0.2) is 4.39 Å². The van der Waals surface area contributed by atoms with E-state index in [1.165, 1.54) is 35.5 Å². The highest BCUT2D eigenvalue weighted by atomic mass is 35.5. The first-order valence-corrected chi connectivity index (χ1v) is 11.7. The normalized spacial score (nSPS) is 11.5. The lowest BCUT2D eigenvalue weighted by Gasteiger charge is -2.16. The van der Waals surface area contributed by atoms with Crippen molar-refractivity contribution >= 4 is 63.7 Å². The standard InChI is InChI=1S/C24H23ClFN3OS2/c1-3-22(23(30)27-18-11-12-21(26)20(25)14-18)32-19-6-4-5-17(13-19)29-24(31)28-16-9-7-15(2)8-10-16/h4-14,22H,3H2,1-2H3,(H,27,30)(H2,28,29,31). The number of hydrogen-bond acceptors (Lipinski definition) is 3. The zero-order chi connectivity index (χ0) is 23.1. The summed E-state index contributed by atoms with van der Waals surface area (Å²) in [6, 6.07) is 19.8. The van der Waals surface area contributed by atoms with Gasteiger partial charge in [0, 0.05) is 22.0 Å². The topological polar surface area (TPSA) is 53.2 Å². The summed E-state index contributed by atoms with van der Waals surface area (Å²) in [7, 11) is 0. The highest BCUT2D eigenvalue weighted by Gasteiger charge is 2.19. The lowest BCUT2D eigenvalue weighted by Crippen LogP contribution is -2.24. The van der Waals surface area contributed by atoms with E-state index >= 15 is 0 Å². The van der Waals surface area contributed by atoms with E-state index in [-0.39, 0.29) is 16.2 Å². The molecule has 0 heterocycles. The van der Waals surface area contributed by atoms with E-state index in [1.54, 1.807) is 0 Å². The van der Waals surface area contributed by atoms with Crippen molar-refractivity contribution in [3.63, 3.8) is 0 Å². The van der Waals surface area contributed by atoms with E-state index in [0.29, 0.717) is 17.2 Å². The first kappa shape index (κ1) is 24.0. The number of carbonyl (C=O) groups is 1. The van der Waals surface area contributed by atoms with E-state index in [1.807, 2.05) is 62.4 Å². The van der Waals surface area contributed by atoms with Gasteiger partial charge in [0.1, 0.15) is 5.82 Å². The molecule has 3 N–H and O–H groups in total. The Morgan fingerprint density at radius 3 is 2.34 bits per heavy atom. The molecule has 1 atom stereocenters. The van der Waals surface area contributed by atoms with Crippen LogP contribution in [0.4, 0.5) is 21.5 Å². The van der Waals surface area contributed by atoms with E-state index in [0.717, 1.165) is 16.3 Å². The molecule has 3 aromatic rings. The number of hydrogen-bond donors (Lipinski definition) is 3. The van der Waals surface area contributed by atoms with Crippen molar-refractivity contribution in [2.45, 2.75) is 30.4 Å². The van der Waals surface area contributed by atoms with Crippen LogP contribution in [-0.4, -0.2) is 16.3 Å². The minimum Gasteiger partial charge on any atom is -0.332 e. The van der Waals surface area contributed by atoms with Crippen LogP contribution in [0.15, 0.2) is 71.6 Å². The van der Waals surface area contributed by atoms with E-state index in [2.05, 4.69) is 16.0 Å². The van der Waals surface area contributed by atoms with Gasteiger partial charge in [0.25, 0.3) is 0 Å². The first-order valence-electron chi connectivity index (χ1n) is 10.0. The largest absolute Gasteiger partial charge is 0.332 e. The van der Waals surface area contributed by atoms with Crippen LogP contribution in [-0.2, 0) is 4.79 Å². The Hall–Kier alpha value is -2.61. The maximum Gasteiger partial charge on any atom is 0.237 e. The second-order valence-electron chi connectivity index (χ2n) is 7.11. The molecule has 0 saturated heterocycles.